The van der Waals surface area contributed by atoms with Crippen LogP contribution in [0.15, 0.2) is 54.0 Å². The molecule has 0 atom stereocenters. The van der Waals surface area contributed by atoms with Crippen LogP contribution in [0.3, 0.4) is 0 Å². The lowest BCUT2D eigenvalue weighted by atomic mass is 10.0. The Morgan fingerprint density at radius 3 is 2.74 bits per heavy atom. The molecule has 3 aromatic heterocycles. The topological polar surface area (TPSA) is 85.0 Å². The number of pyridine rings is 1. The summed E-state index contributed by atoms with van der Waals surface area (Å²) in [5, 5.41) is 2.08. The van der Waals surface area contributed by atoms with Gasteiger partial charge in [-0.15, -0.1) is 11.3 Å². The van der Waals surface area contributed by atoms with Gasteiger partial charge in [-0.25, -0.2) is 15.0 Å². The number of anilines is 2. The first-order valence-electron chi connectivity index (χ1n) is 10.5. The van der Waals surface area contributed by atoms with Crippen molar-refractivity contribution in [3.8, 4) is 11.4 Å². The summed E-state index contributed by atoms with van der Waals surface area (Å²) in [4.78, 5) is 28.8. The number of ketones is 1. The predicted molar refractivity (Wildman–Crippen MR) is 126 cm³/mol. The van der Waals surface area contributed by atoms with E-state index in [9.17, 15) is 4.79 Å². The number of hydrogen-bond donors (Lipinski definition) is 1. The molecule has 5 rings (SSSR count). The van der Waals surface area contributed by atoms with E-state index in [0.29, 0.717) is 23.6 Å². The van der Waals surface area contributed by atoms with Crippen LogP contribution < -0.4 is 10.6 Å². The van der Waals surface area contributed by atoms with Crippen molar-refractivity contribution in [2.45, 2.75) is 25.7 Å². The normalized spacial score (nSPS) is 14.1. The highest BCUT2D eigenvalue weighted by Crippen LogP contribution is 2.33. The van der Waals surface area contributed by atoms with Gasteiger partial charge in [-0.3, -0.25) is 4.79 Å². The molecule has 0 amide bonds. The third-order valence-corrected chi connectivity index (χ3v) is 6.50. The van der Waals surface area contributed by atoms with E-state index >= 15 is 0 Å². The van der Waals surface area contributed by atoms with Gasteiger partial charge in [0.2, 0.25) is 0 Å². The molecule has 0 unspecified atom stereocenters. The van der Waals surface area contributed by atoms with Crippen molar-refractivity contribution in [3.05, 3.63) is 65.2 Å². The first kappa shape index (κ1) is 19.6. The highest BCUT2D eigenvalue weighted by atomic mass is 32.1. The number of nitrogen functional groups attached to an aromatic ring is 1. The Labute approximate surface area is 184 Å². The van der Waals surface area contributed by atoms with Crippen LogP contribution in [-0.4, -0.2) is 33.8 Å². The number of aromatic nitrogens is 3. The van der Waals surface area contributed by atoms with E-state index in [4.69, 9.17) is 15.7 Å². The van der Waals surface area contributed by atoms with Gasteiger partial charge < -0.3 is 10.6 Å². The number of fused-ring (bicyclic) bond motifs is 1. The molecule has 1 fully saturated rings. The summed E-state index contributed by atoms with van der Waals surface area (Å²) >= 11 is 1.70. The molecular weight excluding hydrogens is 406 g/mol. The molecule has 31 heavy (non-hydrogen) atoms. The molecule has 1 aromatic carbocycles. The number of carbonyl (C=O) groups is 1. The molecule has 7 heteroatoms. The second-order valence-electron chi connectivity index (χ2n) is 7.83. The Kier molecular flexibility index (Phi) is 5.34. The van der Waals surface area contributed by atoms with E-state index < -0.39 is 0 Å². The number of Topliss-reactive ketones (excluding diaryl/α,β-unsaturated/α-hetero) is 1. The number of hydrogen-bond acceptors (Lipinski definition) is 7. The van der Waals surface area contributed by atoms with Crippen molar-refractivity contribution in [2.24, 2.45) is 0 Å². The van der Waals surface area contributed by atoms with Crippen LogP contribution >= 0.6 is 11.3 Å². The number of nitrogens with two attached hydrogens (primary N) is 1. The average molecular weight is 430 g/mol. The van der Waals surface area contributed by atoms with E-state index in [1.807, 2.05) is 24.3 Å². The number of carbonyl (C=O) groups excluding carboxylic acids is 1. The smallest absolute Gasteiger partial charge is 0.168 e. The van der Waals surface area contributed by atoms with Gasteiger partial charge in [-0.05, 0) is 54.5 Å². The second-order valence-corrected chi connectivity index (χ2v) is 8.74. The molecule has 0 spiro atoms. The highest BCUT2D eigenvalue weighted by molar-refractivity contribution is 7.17. The number of piperidine rings is 1. The number of rotatable bonds is 5. The summed E-state index contributed by atoms with van der Waals surface area (Å²) in [5.41, 5.74) is 9.00. The van der Waals surface area contributed by atoms with Crippen LogP contribution in [0.5, 0.6) is 0 Å². The van der Waals surface area contributed by atoms with E-state index in [0.717, 1.165) is 40.3 Å². The fourth-order valence-electron chi connectivity index (χ4n) is 3.98. The summed E-state index contributed by atoms with van der Waals surface area (Å²) in [5.74, 6) is 2.15. The highest BCUT2D eigenvalue weighted by Gasteiger charge is 2.19. The standard InChI is InChI=1S/C24H23N5OS/c25-21-8-7-18(15-26-21)20(30)14-16-5-4-6-17(13-16)23-27-19-9-12-31-22(19)24(28-23)29-10-2-1-3-11-29/h4-9,12-13,15H,1-3,10-11,14H2,(H2,25,26). The zero-order valence-corrected chi connectivity index (χ0v) is 17.9. The van der Waals surface area contributed by atoms with Crippen LogP contribution in [0.25, 0.3) is 21.6 Å². The predicted octanol–water partition coefficient (Wildman–Crippen LogP) is 4.75. The lowest BCUT2D eigenvalue weighted by molar-refractivity contribution is 0.0992. The Morgan fingerprint density at radius 2 is 1.94 bits per heavy atom. The molecule has 2 N–H and O–H groups in total. The number of nitrogens with zero attached hydrogens (tertiary/aromatic N) is 4. The van der Waals surface area contributed by atoms with Crippen LogP contribution in [0, 0.1) is 0 Å². The maximum absolute atomic E-state index is 12.7. The van der Waals surface area contributed by atoms with Crippen molar-refractivity contribution in [1.29, 1.82) is 0 Å². The van der Waals surface area contributed by atoms with Crippen molar-refractivity contribution < 1.29 is 4.79 Å². The summed E-state index contributed by atoms with van der Waals surface area (Å²) < 4.78 is 1.15. The lowest BCUT2D eigenvalue weighted by Gasteiger charge is -2.28. The summed E-state index contributed by atoms with van der Waals surface area (Å²) in [6.45, 7) is 2.07. The maximum atomic E-state index is 12.7. The summed E-state index contributed by atoms with van der Waals surface area (Å²) in [7, 11) is 0. The third kappa shape index (κ3) is 4.14. The Hall–Kier alpha value is -3.32. The van der Waals surface area contributed by atoms with Gasteiger partial charge in [0.05, 0.1) is 10.2 Å². The van der Waals surface area contributed by atoms with E-state index in [-0.39, 0.29) is 5.78 Å². The zero-order chi connectivity index (χ0) is 21.2. The molecule has 4 heterocycles. The van der Waals surface area contributed by atoms with Gasteiger partial charge >= 0.3 is 0 Å². The minimum absolute atomic E-state index is 0.00728. The average Bonchev–Trinajstić information content (AvgIpc) is 3.28. The van der Waals surface area contributed by atoms with E-state index in [1.165, 1.54) is 25.5 Å². The SMILES string of the molecule is Nc1ccc(C(=O)Cc2cccc(-c3nc(N4CCCCC4)c4sccc4n3)c2)cn1. The fraction of sp³-hybridized carbons (Fsp3) is 0.250. The van der Waals surface area contributed by atoms with E-state index in [2.05, 4.69) is 21.3 Å². The molecule has 0 aliphatic carbocycles. The van der Waals surface area contributed by atoms with Gasteiger partial charge in [0.25, 0.3) is 0 Å². The van der Waals surface area contributed by atoms with Crippen LogP contribution in [0.4, 0.5) is 11.6 Å². The fourth-order valence-corrected chi connectivity index (χ4v) is 4.82. The zero-order valence-electron chi connectivity index (χ0n) is 17.1. The molecule has 0 saturated carbocycles. The van der Waals surface area contributed by atoms with Crippen LogP contribution in [0.2, 0.25) is 0 Å². The number of thiophene rings is 1. The molecule has 156 valence electrons. The van der Waals surface area contributed by atoms with Crippen molar-refractivity contribution in [2.75, 3.05) is 23.7 Å². The largest absolute Gasteiger partial charge is 0.384 e. The second kappa shape index (κ2) is 8.43. The summed E-state index contributed by atoms with van der Waals surface area (Å²) in [6.07, 6.45) is 5.49. The van der Waals surface area contributed by atoms with Crippen LogP contribution in [0.1, 0.15) is 35.2 Å². The summed E-state index contributed by atoms with van der Waals surface area (Å²) in [6, 6.07) is 13.4. The first-order valence-corrected chi connectivity index (χ1v) is 11.4. The lowest BCUT2D eigenvalue weighted by Crippen LogP contribution is -2.30. The Morgan fingerprint density at radius 1 is 1.06 bits per heavy atom. The minimum atomic E-state index is 0.00728. The molecule has 1 saturated heterocycles. The van der Waals surface area contributed by atoms with Gasteiger partial charge in [0.1, 0.15) is 5.82 Å². The van der Waals surface area contributed by atoms with Crippen molar-refractivity contribution >= 4 is 39.0 Å². The molecular formula is C24H23N5OS. The van der Waals surface area contributed by atoms with Crippen molar-refractivity contribution in [1.82, 2.24) is 15.0 Å². The molecule has 0 radical (unpaired) electrons. The first-order chi connectivity index (χ1) is 15.2. The van der Waals surface area contributed by atoms with Gasteiger partial charge in [-0.1, -0.05) is 18.2 Å². The van der Waals surface area contributed by atoms with Gasteiger partial charge in [0.15, 0.2) is 17.4 Å². The molecule has 4 aromatic rings. The molecule has 0 bridgehead atoms. The monoisotopic (exact) mass is 429 g/mol. The maximum Gasteiger partial charge on any atom is 0.168 e. The van der Waals surface area contributed by atoms with Crippen molar-refractivity contribution in [3.63, 3.8) is 0 Å². The van der Waals surface area contributed by atoms with E-state index in [1.54, 1.807) is 23.5 Å². The Balaban J connectivity index is 1.46. The van der Waals surface area contributed by atoms with Gasteiger partial charge in [0, 0.05) is 36.8 Å². The Bertz CT molecular complexity index is 1230. The third-order valence-electron chi connectivity index (χ3n) is 5.60. The van der Waals surface area contributed by atoms with Crippen LogP contribution in [-0.2, 0) is 6.42 Å². The number of benzene rings is 1. The molecule has 6 nitrogen and oxygen atoms in total. The van der Waals surface area contributed by atoms with Gasteiger partial charge in [-0.2, -0.15) is 0 Å². The molecule has 1 aliphatic heterocycles. The quantitative estimate of drug-likeness (QED) is 0.461. The minimum Gasteiger partial charge on any atom is -0.384 e. The molecule has 1 aliphatic rings.